The summed E-state index contributed by atoms with van der Waals surface area (Å²) in [5, 5.41) is 4.66. The van der Waals surface area contributed by atoms with Crippen LogP contribution in [0.15, 0.2) is 66.0 Å². The smallest absolute Gasteiger partial charge is 0.312 e. The lowest BCUT2D eigenvalue weighted by Gasteiger charge is -2.36. The van der Waals surface area contributed by atoms with Crippen molar-refractivity contribution in [2.75, 3.05) is 6.54 Å². The molecular weight excluding hydrogens is 370 g/mol. The van der Waals surface area contributed by atoms with Crippen LogP contribution >= 0.6 is 11.3 Å². The molecule has 6 heteroatoms. The van der Waals surface area contributed by atoms with Crippen LogP contribution < -0.4 is 11.1 Å². The number of rotatable bonds is 4. The average Bonchev–Trinajstić information content (AvgIpc) is 3.21. The average molecular weight is 391 g/mol. The standard InChI is InChI=1S/C22H21N3O2S/c23-22(27)24-14-15-6-8-17(9-7-15)21(26)25-12-10-19-18(11-13-28-19)20(25)16-4-2-1-3-5-16/h1-9,11,13,20H,10,12,14H2,(H3,23,24,27)/t20-/m1/s1. The number of urea groups is 1. The van der Waals surface area contributed by atoms with Crippen LogP contribution in [0.4, 0.5) is 4.79 Å². The van der Waals surface area contributed by atoms with Gasteiger partial charge >= 0.3 is 6.03 Å². The Morgan fingerprint density at radius 1 is 1.07 bits per heavy atom. The zero-order valence-electron chi connectivity index (χ0n) is 15.3. The van der Waals surface area contributed by atoms with Gasteiger partial charge in [0.2, 0.25) is 0 Å². The van der Waals surface area contributed by atoms with E-state index in [0.29, 0.717) is 18.7 Å². The molecule has 0 saturated heterocycles. The van der Waals surface area contributed by atoms with Gasteiger partial charge in [0.1, 0.15) is 0 Å². The maximum absolute atomic E-state index is 13.3. The van der Waals surface area contributed by atoms with Gasteiger partial charge in [-0.05, 0) is 46.7 Å². The molecule has 28 heavy (non-hydrogen) atoms. The molecule has 5 nitrogen and oxygen atoms in total. The first-order valence-corrected chi connectivity index (χ1v) is 10.1. The Hall–Kier alpha value is -3.12. The van der Waals surface area contributed by atoms with Gasteiger partial charge < -0.3 is 16.0 Å². The minimum absolute atomic E-state index is 0.0140. The van der Waals surface area contributed by atoms with Crippen molar-refractivity contribution in [3.63, 3.8) is 0 Å². The molecule has 3 N–H and O–H groups in total. The molecular formula is C22H21N3O2S. The highest BCUT2D eigenvalue weighted by Gasteiger charge is 2.33. The van der Waals surface area contributed by atoms with Gasteiger partial charge in [0.15, 0.2) is 0 Å². The number of amides is 3. The molecule has 4 rings (SSSR count). The van der Waals surface area contributed by atoms with Gasteiger partial charge in [-0.3, -0.25) is 4.79 Å². The van der Waals surface area contributed by atoms with Crippen molar-refractivity contribution in [2.45, 2.75) is 19.0 Å². The van der Waals surface area contributed by atoms with Crippen LogP contribution in [-0.2, 0) is 13.0 Å². The Labute approximate surface area is 167 Å². The molecule has 0 radical (unpaired) electrons. The normalized spacial score (nSPS) is 15.7. The fourth-order valence-corrected chi connectivity index (χ4v) is 4.55. The van der Waals surface area contributed by atoms with E-state index in [4.69, 9.17) is 5.73 Å². The summed E-state index contributed by atoms with van der Waals surface area (Å²) in [6.45, 7) is 1.04. The molecule has 0 saturated carbocycles. The summed E-state index contributed by atoms with van der Waals surface area (Å²) in [6, 6.07) is 19.0. The molecule has 1 aliphatic heterocycles. The molecule has 0 spiro atoms. The zero-order chi connectivity index (χ0) is 19.5. The van der Waals surface area contributed by atoms with Crippen molar-refractivity contribution in [2.24, 2.45) is 5.73 Å². The summed E-state index contributed by atoms with van der Waals surface area (Å²) in [6.07, 6.45) is 0.878. The van der Waals surface area contributed by atoms with Crippen molar-refractivity contribution in [3.8, 4) is 0 Å². The highest BCUT2D eigenvalue weighted by atomic mass is 32.1. The third-order valence-electron chi connectivity index (χ3n) is 5.01. The lowest BCUT2D eigenvalue weighted by molar-refractivity contribution is 0.0696. The lowest BCUT2D eigenvalue weighted by Crippen LogP contribution is -2.40. The molecule has 142 valence electrons. The van der Waals surface area contributed by atoms with E-state index in [1.165, 1.54) is 10.4 Å². The summed E-state index contributed by atoms with van der Waals surface area (Å²) in [7, 11) is 0. The molecule has 3 amide bonds. The number of nitrogens with two attached hydrogens (primary N) is 1. The second kappa shape index (κ2) is 7.86. The summed E-state index contributed by atoms with van der Waals surface area (Å²) in [5.41, 5.74) is 8.99. The number of carbonyl (C=O) groups excluding carboxylic acids is 2. The fraction of sp³-hybridized carbons (Fsp3) is 0.182. The Balaban J connectivity index is 1.62. The summed E-state index contributed by atoms with van der Waals surface area (Å²) >= 11 is 1.76. The van der Waals surface area contributed by atoms with Gasteiger partial charge in [-0.2, -0.15) is 0 Å². The molecule has 1 atom stereocenters. The van der Waals surface area contributed by atoms with Crippen LogP contribution in [-0.4, -0.2) is 23.4 Å². The number of primary amides is 1. The second-order valence-corrected chi connectivity index (χ2v) is 7.78. The number of fused-ring (bicyclic) bond motifs is 1. The molecule has 1 aromatic heterocycles. The third kappa shape index (κ3) is 3.64. The summed E-state index contributed by atoms with van der Waals surface area (Å²) in [5.74, 6) is 0.0140. The minimum atomic E-state index is -0.564. The van der Waals surface area contributed by atoms with Crippen LogP contribution in [0.3, 0.4) is 0 Å². The van der Waals surface area contributed by atoms with E-state index < -0.39 is 6.03 Å². The first kappa shape index (κ1) is 18.3. The topological polar surface area (TPSA) is 75.4 Å². The van der Waals surface area contributed by atoms with Gasteiger partial charge in [0.25, 0.3) is 5.91 Å². The van der Waals surface area contributed by atoms with E-state index >= 15 is 0 Å². The summed E-state index contributed by atoms with van der Waals surface area (Å²) < 4.78 is 0. The van der Waals surface area contributed by atoms with Gasteiger partial charge in [-0.25, -0.2) is 4.79 Å². The lowest BCUT2D eigenvalue weighted by atomic mass is 9.92. The number of nitrogens with zero attached hydrogens (tertiary/aromatic N) is 1. The maximum Gasteiger partial charge on any atom is 0.312 e. The van der Waals surface area contributed by atoms with Crippen molar-refractivity contribution in [1.29, 1.82) is 0 Å². The van der Waals surface area contributed by atoms with E-state index in [1.54, 1.807) is 11.3 Å². The fourth-order valence-electron chi connectivity index (χ4n) is 3.65. The molecule has 0 bridgehead atoms. The van der Waals surface area contributed by atoms with Crippen LogP contribution in [0, 0.1) is 0 Å². The highest BCUT2D eigenvalue weighted by Crippen LogP contribution is 2.38. The molecule has 0 fully saturated rings. The first-order chi connectivity index (χ1) is 13.6. The molecule has 3 aromatic rings. The number of nitrogens with one attached hydrogen (secondary N) is 1. The van der Waals surface area contributed by atoms with Gasteiger partial charge in [-0.15, -0.1) is 11.3 Å². The van der Waals surface area contributed by atoms with Gasteiger partial charge in [0, 0.05) is 23.5 Å². The minimum Gasteiger partial charge on any atom is -0.352 e. The number of thiophene rings is 1. The van der Waals surface area contributed by atoms with E-state index in [0.717, 1.165) is 17.5 Å². The SMILES string of the molecule is NC(=O)NCc1ccc(C(=O)N2CCc3sccc3[C@H]2c2ccccc2)cc1. The predicted octanol–water partition coefficient (Wildman–Crippen LogP) is 3.70. The molecule has 0 aliphatic carbocycles. The van der Waals surface area contributed by atoms with E-state index in [1.807, 2.05) is 47.4 Å². The molecule has 2 aromatic carbocycles. The Morgan fingerprint density at radius 3 is 2.54 bits per heavy atom. The van der Waals surface area contributed by atoms with Crippen molar-refractivity contribution >= 4 is 23.3 Å². The van der Waals surface area contributed by atoms with Crippen LogP contribution in [0.5, 0.6) is 0 Å². The number of benzene rings is 2. The number of carbonyl (C=O) groups is 2. The third-order valence-corrected chi connectivity index (χ3v) is 6.01. The first-order valence-electron chi connectivity index (χ1n) is 9.18. The van der Waals surface area contributed by atoms with E-state index in [-0.39, 0.29) is 11.9 Å². The monoisotopic (exact) mass is 391 g/mol. The largest absolute Gasteiger partial charge is 0.352 e. The van der Waals surface area contributed by atoms with E-state index in [2.05, 4.69) is 28.9 Å². The quantitative estimate of drug-likeness (QED) is 0.711. The van der Waals surface area contributed by atoms with Crippen LogP contribution in [0.25, 0.3) is 0 Å². The Morgan fingerprint density at radius 2 is 1.82 bits per heavy atom. The Bertz CT molecular complexity index is 983. The van der Waals surface area contributed by atoms with Crippen molar-refractivity contribution in [3.05, 3.63) is 93.2 Å². The predicted molar refractivity (Wildman–Crippen MR) is 110 cm³/mol. The van der Waals surface area contributed by atoms with Crippen LogP contribution in [0.2, 0.25) is 0 Å². The number of hydrogen-bond acceptors (Lipinski definition) is 3. The van der Waals surface area contributed by atoms with Gasteiger partial charge in [-0.1, -0.05) is 42.5 Å². The van der Waals surface area contributed by atoms with Crippen molar-refractivity contribution < 1.29 is 9.59 Å². The van der Waals surface area contributed by atoms with Gasteiger partial charge in [0.05, 0.1) is 6.04 Å². The zero-order valence-corrected chi connectivity index (χ0v) is 16.1. The highest BCUT2D eigenvalue weighted by molar-refractivity contribution is 7.10. The molecule has 2 heterocycles. The van der Waals surface area contributed by atoms with Crippen molar-refractivity contribution in [1.82, 2.24) is 10.2 Å². The molecule has 1 aliphatic rings. The number of hydrogen-bond donors (Lipinski definition) is 2. The Kier molecular flexibility index (Phi) is 5.12. The second-order valence-electron chi connectivity index (χ2n) is 6.78. The maximum atomic E-state index is 13.3. The van der Waals surface area contributed by atoms with E-state index in [9.17, 15) is 9.59 Å². The molecule has 0 unspecified atom stereocenters. The van der Waals surface area contributed by atoms with Crippen LogP contribution in [0.1, 0.15) is 38.0 Å². The summed E-state index contributed by atoms with van der Waals surface area (Å²) in [4.78, 5) is 27.5.